The second-order valence-corrected chi connectivity index (χ2v) is 8.60. The van der Waals surface area contributed by atoms with Crippen molar-refractivity contribution < 1.29 is 36.7 Å². The fraction of sp³-hybridized carbons (Fsp3) is 0.185. The number of hydrazone groups is 1. The van der Waals surface area contributed by atoms with Crippen LogP contribution in [0.3, 0.4) is 0 Å². The summed E-state index contributed by atoms with van der Waals surface area (Å²) in [4.78, 5) is 38.2. The molecule has 12 heteroatoms. The molecule has 1 saturated heterocycles. The van der Waals surface area contributed by atoms with Crippen molar-refractivity contribution in [3.63, 3.8) is 0 Å². The molecule has 0 bridgehead atoms. The van der Waals surface area contributed by atoms with Crippen LogP contribution in [0.15, 0.2) is 77.9 Å². The molecule has 3 aromatic rings. The number of rotatable bonds is 8. The van der Waals surface area contributed by atoms with Gasteiger partial charge < -0.3 is 15.0 Å². The second-order valence-electron chi connectivity index (χ2n) is 8.60. The Bertz CT molecular complexity index is 1380. The van der Waals surface area contributed by atoms with E-state index >= 15 is 0 Å². The van der Waals surface area contributed by atoms with E-state index < -0.39 is 41.9 Å². The number of benzene rings is 3. The molecule has 0 aliphatic carbocycles. The molecular formula is C27H22F4N4O4. The topological polar surface area (TPSA) is 100 Å². The fourth-order valence-corrected chi connectivity index (χ4v) is 3.78. The monoisotopic (exact) mass is 542 g/mol. The number of amides is 3. The van der Waals surface area contributed by atoms with Crippen LogP contribution in [0.4, 0.5) is 28.9 Å². The maximum Gasteiger partial charge on any atom is 0.416 e. The van der Waals surface area contributed by atoms with Crippen LogP contribution >= 0.6 is 0 Å². The van der Waals surface area contributed by atoms with Crippen molar-refractivity contribution >= 4 is 35.3 Å². The van der Waals surface area contributed by atoms with Crippen molar-refractivity contribution in [2.75, 3.05) is 23.4 Å². The molecule has 0 aromatic heterocycles. The molecule has 3 amide bonds. The van der Waals surface area contributed by atoms with Crippen LogP contribution in [-0.2, 0) is 20.6 Å². The van der Waals surface area contributed by atoms with Crippen molar-refractivity contribution in [1.82, 2.24) is 5.43 Å². The summed E-state index contributed by atoms with van der Waals surface area (Å²) < 4.78 is 56.9. The molecule has 1 aliphatic rings. The molecule has 0 unspecified atom stereocenters. The largest absolute Gasteiger partial charge is 0.484 e. The first-order valence-electron chi connectivity index (χ1n) is 11.7. The zero-order valence-corrected chi connectivity index (χ0v) is 20.2. The van der Waals surface area contributed by atoms with Crippen molar-refractivity contribution in [3.8, 4) is 5.75 Å². The summed E-state index contributed by atoms with van der Waals surface area (Å²) in [6.07, 6.45) is -3.13. The first-order chi connectivity index (χ1) is 18.6. The highest BCUT2D eigenvalue weighted by Gasteiger charge is 2.35. The Morgan fingerprint density at radius 2 is 1.77 bits per heavy atom. The zero-order valence-electron chi connectivity index (χ0n) is 20.2. The van der Waals surface area contributed by atoms with Crippen molar-refractivity contribution in [3.05, 3.63) is 89.7 Å². The van der Waals surface area contributed by atoms with Gasteiger partial charge in [0, 0.05) is 24.3 Å². The Kier molecular flexibility index (Phi) is 8.23. The van der Waals surface area contributed by atoms with E-state index in [1.165, 1.54) is 47.5 Å². The smallest absolute Gasteiger partial charge is 0.416 e. The van der Waals surface area contributed by atoms with Crippen molar-refractivity contribution in [2.45, 2.75) is 12.6 Å². The van der Waals surface area contributed by atoms with Crippen LogP contribution in [0, 0.1) is 11.7 Å². The minimum absolute atomic E-state index is 0.00262. The van der Waals surface area contributed by atoms with Gasteiger partial charge in [0.05, 0.1) is 17.7 Å². The molecule has 202 valence electrons. The third kappa shape index (κ3) is 7.40. The lowest BCUT2D eigenvalue weighted by Crippen LogP contribution is -2.30. The maximum absolute atomic E-state index is 13.1. The minimum atomic E-state index is -4.52. The second kappa shape index (κ2) is 11.8. The standard InChI is InChI=1S/C27H22F4N4O4/c28-20-6-8-22(9-7-20)35-15-18(12-25(35)37)26(38)34-32-14-17-4-10-23(11-5-17)39-16-24(36)33-21-3-1-2-19(13-21)27(29,30)31/h1-11,13-14,18H,12,15-16H2,(H,33,36)(H,34,38)/b32-14-/t18-/m0/s1. The van der Waals surface area contributed by atoms with E-state index in [1.54, 1.807) is 24.3 Å². The summed E-state index contributed by atoms with van der Waals surface area (Å²) in [6, 6.07) is 16.0. The first kappa shape index (κ1) is 27.3. The summed E-state index contributed by atoms with van der Waals surface area (Å²) in [7, 11) is 0. The molecule has 3 aromatic carbocycles. The third-order valence-electron chi connectivity index (χ3n) is 5.75. The van der Waals surface area contributed by atoms with Crippen LogP contribution in [0.2, 0.25) is 0 Å². The third-order valence-corrected chi connectivity index (χ3v) is 5.75. The summed E-state index contributed by atoms with van der Waals surface area (Å²) in [5.41, 5.74) is 2.64. The van der Waals surface area contributed by atoms with Crippen LogP contribution in [0.5, 0.6) is 5.75 Å². The number of alkyl halides is 3. The van der Waals surface area contributed by atoms with E-state index in [1.807, 2.05) is 0 Å². The highest BCUT2D eigenvalue weighted by atomic mass is 19.4. The molecular weight excluding hydrogens is 520 g/mol. The van der Waals surface area contributed by atoms with Gasteiger partial charge in [-0.2, -0.15) is 18.3 Å². The summed E-state index contributed by atoms with van der Waals surface area (Å²) >= 11 is 0. The van der Waals surface area contributed by atoms with Crippen LogP contribution in [-0.4, -0.2) is 37.1 Å². The number of halogens is 4. The van der Waals surface area contributed by atoms with Crippen LogP contribution in [0.25, 0.3) is 0 Å². The molecule has 0 spiro atoms. The Morgan fingerprint density at radius 3 is 2.46 bits per heavy atom. The lowest BCUT2D eigenvalue weighted by atomic mass is 10.1. The predicted molar refractivity (Wildman–Crippen MR) is 135 cm³/mol. The predicted octanol–water partition coefficient (Wildman–Crippen LogP) is 4.37. The first-order valence-corrected chi connectivity index (χ1v) is 11.7. The molecule has 1 aliphatic heterocycles. The van der Waals surface area contributed by atoms with Gasteiger partial charge in [-0.05, 0) is 72.3 Å². The molecule has 4 rings (SSSR count). The highest BCUT2D eigenvalue weighted by Crippen LogP contribution is 2.30. The highest BCUT2D eigenvalue weighted by molar-refractivity contribution is 6.00. The molecule has 39 heavy (non-hydrogen) atoms. The summed E-state index contributed by atoms with van der Waals surface area (Å²) in [6.45, 7) is -0.270. The number of carbonyl (C=O) groups excluding carboxylic acids is 3. The Morgan fingerprint density at radius 1 is 1.05 bits per heavy atom. The quantitative estimate of drug-likeness (QED) is 0.251. The van der Waals surface area contributed by atoms with Gasteiger partial charge in [0.1, 0.15) is 11.6 Å². The van der Waals surface area contributed by atoms with E-state index in [4.69, 9.17) is 4.74 Å². The van der Waals surface area contributed by atoms with Gasteiger partial charge in [0.25, 0.3) is 5.91 Å². The summed E-state index contributed by atoms with van der Waals surface area (Å²) in [5, 5.41) is 6.26. The van der Waals surface area contributed by atoms with E-state index in [0.29, 0.717) is 17.0 Å². The number of hydrogen-bond acceptors (Lipinski definition) is 5. The molecule has 1 heterocycles. The lowest BCUT2D eigenvalue weighted by Gasteiger charge is -2.16. The Labute approximate surface area is 220 Å². The number of anilines is 2. The molecule has 1 fully saturated rings. The normalized spacial score (nSPS) is 15.4. The van der Waals surface area contributed by atoms with Crippen LogP contribution < -0.4 is 20.4 Å². The van der Waals surface area contributed by atoms with E-state index in [9.17, 15) is 31.9 Å². The van der Waals surface area contributed by atoms with Gasteiger partial charge >= 0.3 is 6.18 Å². The number of hydrogen-bond donors (Lipinski definition) is 2. The van der Waals surface area contributed by atoms with Gasteiger partial charge in [-0.15, -0.1) is 0 Å². The maximum atomic E-state index is 13.1. The Balaban J connectivity index is 1.22. The van der Waals surface area contributed by atoms with Gasteiger partial charge in [-0.3, -0.25) is 14.4 Å². The molecule has 0 saturated carbocycles. The van der Waals surface area contributed by atoms with Gasteiger partial charge in [0.2, 0.25) is 11.8 Å². The zero-order chi connectivity index (χ0) is 28.0. The van der Waals surface area contributed by atoms with E-state index in [0.717, 1.165) is 12.1 Å². The van der Waals surface area contributed by atoms with Crippen molar-refractivity contribution in [2.24, 2.45) is 11.0 Å². The average molecular weight is 542 g/mol. The SMILES string of the molecule is O=C(COc1ccc(/C=N\NC(=O)[C@H]2CC(=O)N(c3ccc(F)cc3)C2)cc1)Nc1cccc(C(F)(F)F)c1. The average Bonchev–Trinajstić information content (AvgIpc) is 3.30. The summed E-state index contributed by atoms with van der Waals surface area (Å²) in [5.74, 6) is -2.02. The molecule has 8 nitrogen and oxygen atoms in total. The van der Waals surface area contributed by atoms with Gasteiger partial charge in [0.15, 0.2) is 6.61 Å². The molecule has 0 radical (unpaired) electrons. The fourth-order valence-electron chi connectivity index (χ4n) is 3.78. The number of ether oxygens (including phenoxy) is 1. The van der Waals surface area contributed by atoms with Crippen molar-refractivity contribution in [1.29, 1.82) is 0 Å². The minimum Gasteiger partial charge on any atom is -0.484 e. The van der Waals surface area contributed by atoms with Crippen LogP contribution in [0.1, 0.15) is 17.5 Å². The van der Waals surface area contributed by atoms with Gasteiger partial charge in [-0.1, -0.05) is 6.07 Å². The molecule has 2 N–H and O–H groups in total. The Hall–Kier alpha value is -4.74. The number of nitrogens with one attached hydrogen (secondary N) is 2. The molecule has 1 atom stereocenters. The number of carbonyl (C=O) groups is 3. The van der Waals surface area contributed by atoms with E-state index in [2.05, 4.69) is 15.8 Å². The van der Waals surface area contributed by atoms with Gasteiger partial charge in [-0.25, -0.2) is 9.82 Å². The number of nitrogens with zero attached hydrogens (tertiary/aromatic N) is 2. The lowest BCUT2D eigenvalue weighted by molar-refractivity contribution is -0.137. The van der Waals surface area contributed by atoms with E-state index in [-0.39, 0.29) is 24.6 Å².